The Hall–Kier alpha value is -5.66. The van der Waals surface area contributed by atoms with Gasteiger partial charge in [-0.25, -0.2) is 19.2 Å². The third-order valence-electron chi connectivity index (χ3n) is 9.22. The predicted molar refractivity (Wildman–Crippen MR) is 194 cm³/mol. The van der Waals surface area contributed by atoms with E-state index in [0.717, 1.165) is 22.3 Å². The molecular formula is C38H48N6O10. The van der Waals surface area contributed by atoms with E-state index in [1.54, 1.807) is 0 Å². The highest BCUT2D eigenvalue weighted by atomic mass is 16.6. The number of hydrogen-bond donors (Lipinski definition) is 4. The average molecular weight is 749 g/mol. The van der Waals surface area contributed by atoms with Crippen LogP contribution in [0, 0.1) is 11.8 Å². The fourth-order valence-corrected chi connectivity index (χ4v) is 6.49. The first kappa shape index (κ1) is 41.1. The van der Waals surface area contributed by atoms with E-state index in [1.807, 2.05) is 48.5 Å². The number of alkyl carbamates (subject to hydrolysis) is 2. The van der Waals surface area contributed by atoms with Crippen LogP contribution in [0.5, 0.6) is 0 Å². The minimum Gasteiger partial charge on any atom is -0.467 e. The van der Waals surface area contributed by atoms with Crippen molar-refractivity contribution in [2.24, 2.45) is 11.5 Å². The molecule has 4 amide bonds. The van der Waals surface area contributed by atoms with Crippen molar-refractivity contribution in [3.8, 4) is 11.8 Å². The monoisotopic (exact) mass is 748 g/mol. The number of nitrogens with two attached hydrogens (primary N) is 2. The Morgan fingerprint density at radius 1 is 0.667 bits per heavy atom. The molecule has 2 aromatic carbocycles. The molecule has 16 nitrogen and oxygen atoms in total. The molecule has 4 rings (SSSR count). The Morgan fingerprint density at radius 2 is 1.06 bits per heavy atom. The smallest absolute Gasteiger partial charge is 0.408 e. The molecule has 0 aromatic heterocycles. The highest BCUT2D eigenvalue weighted by Crippen LogP contribution is 2.23. The van der Waals surface area contributed by atoms with Gasteiger partial charge in [0.15, 0.2) is 13.2 Å². The van der Waals surface area contributed by atoms with Gasteiger partial charge in [0.2, 0.25) is 11.8 Å². The third kappa shape index (κ3) is 11.9. The summed E-state index contributed by atoms with van der Waals surface area (Å²) in [5.74, 6) is 3.49. The molecule has 0 saturated carbocycles. The second kappa shape index (κ2) is 20.5. The SMILES string of the molecule is COC(=O)C1CC(NC(=O)OCC#CCOC(=O)NC2CC(C(=O)OC)N(C(=O)CCc3cccc(CN)c3)C2)CN1C(=O)CCc1cccc(CN)c1. The molecule has 54 heavy (non-hydrogen) atoms. The van der Waals surface area contributed by atoms with Crippen LogP contribution >= 0.6 is 0 Å². The van der Waals surface area contributed by atoms with Crippen molar-refractivity contribution in [3.05, 3.63) is 70.8 Å². The summed E-state index contributed by atoms with van der Waals surface area (Å²) in [6.45, 7) is 0.345. The number of carbonyl (C=O) groups is 6. The summed E-state index contributed by atoms with van der Waals surface area (Å²) in [6, 6.07) is 12.4. The number of aryl methyl sites for hydroxylation is 2. The van der Waals surface area contributed by atoms with Crippen molar-refractivity contribution >= 4 is 35.9 Å². The van der Waals surface area contributed by atoms with Crippen LogP contribution in [-0.2, 0) is 64.1 Å². The highest BCUT2D eigenvalue weighted by molar-refractivity contribution is 5.86. The maximum atomic E-state index is 13.1. The van der Waals surface area contributed by atoms with Gasteiger partial charge >= 0.3 is 24.1 Å². The molecule has 0 bridgehead atoms. The molecule has 0 spiro atoms. The lowest BCUT2D eigenvalue weighted by atomic mass is 10.1. The first-order chi connectivity index (χ1) is 26.0. The molecule has 0 radical (unpaired) electrons. The van der Waals surface area contributed by atoms with Crippen LogP contribution in [0.15, 0.2) is 48.5 Å². The molecule has 2 aliphatic rings. The van der Waals surface area contributed by atoms with Gasteiger partial charge in [0, 0.05) is 51.9 Å². The van der Waals surface area contributed by atoms with Gasteiger partial charge in [0.1, 0.15) is 12.1 Å². The zero-order valence-corrected chi connectivity index (χ0v) is 30.5. The lowest BCUT2D eigenvalue weighted by Crippen LogP contribution is -2.42. The number of nitrogens with one attached hydrogen (secondary N) is 2. The van der Waals surface area contributed by atoms with Crippen LogP contribution < -0.4 is 22.1 Å². The van der Waals surface area contributed by atoms with Crippen LogP contribution in [0.2, 0.25) is 0 Å². The molecular weight excluding hydrogens is 700 g/mol. The topological polar surface area (TPSA) is 222 Å². The number of carbonyl (C=O) groups excluding carboxylic acids is 6. The molecule has 290 valence electrons. The zero-order valence-electron chi connectivity index (χ0n) is 30.5. The maximum Gasteiger partial charge on any atom is 0.408 e. The summed E-state index contributed by atoms with van der Waals surface area (Å²) < 4.78 is 20.0. The molecule has 4 atom stereocenters. The molecule has 6 N–H and O–H groups in total. The minimum atomic E-state index is -0.851. The van der Waals surface area contributed by atoms with Crippen molar-refractivity contribution in [2.75, 3.05) is 40.5 Å². The average Bonchev–Trinajstić information content (AvgIpc) is 3.81. The number of ether oxygens (including phenoxy) is 4. The highest BCUT2D eigenvalue weighted by Gasteiger charge is 2.42. The summed E-state index contributed by atoms with van der Waals surface area (Å²) in [4.78, 5) is 78.8. The standard InChI is InChI=1S/C38H48N6O10/c1-51-35(47)31-19-29(23-43(31)33(45)13-11-25-7-5-9-27(17-25)21-39)41-37(49)53-15-3-4-16-54-38(50)42-30-20-32(36(48)52-2)44(24-30)34(46)14-12-26-8-6-10-28(18-26)22-40/h5-10,17-18,29-32H,11-16,19-24,39-40H2,1-2H3,(H,41,49)(H,42,50). The van der Waals surface area contributed by atoms with Crippen LogP contribution in [0.25, 0.3) is 0 Å². The fraction of sp³-hybridized carbons (Fsp3) is 0.474. The molecule has 2 fully saturated rings. The molecule has 2 saturated heterocycles. The molecule has 2 heterocycles. The van der Waals surface area contributed by atoms with E-state index in [1.165, 1.54) is 24.0 Å². The van der Waals surface area contributed by atoms with Gasteiger partial charge in [-0.15, -0.1) is 0 Å². The van der Waals surface area contributed by atoms with Gasteiger partial charge in [0.05, 0.1) is 26.3 Å². The number of methoxy groups -OCH3 is 2. The van der Waals surface area contributed by atoms with E-state index in [9.17, 15) is 28.8 Å². The zero-order chi connectivity index (χ0) is 39.0. The Kier molecular flexibility index (Phi) is 15.6. The second-order valence-corrected chi connectivity index (χ2v) is 12.9. The van der Waals surface area contributed by atoms with E-state index >= 15 is 0 Å². The largest absolute Gasteiger partial charge is 0.467 e. The molecule has 2 aromatic rings. The van der Waals surface area contributed by atoms with E-state index in [0.29, 0.717) is 25.9 Å². The van der Waals surface area contributed by atoms with E-state index < -0.39 is 48.3 Å². The molecule has 4 unspecified atom stereocenters. The first-order valence-corrected chi connectivity index (χ1v) is 17.7. The number of nitrogens with zero attached hydrogens (tertiary/aromatic N) is 2. The van der Waals surface area contributed by atoms with Gasteiger partial charge in [-0.2, -0.15) is 0 Å². The van der Waals surface area contributed by atoms with Crippen LogP contribution in [0.1, 0.15) is 47.9 Å². The fourth-order valence-electron chi connectivity index (χ4n) is 6.49. The van der Waals surface area contributed by atoms with E-state index in [-0.39, 0.29) is 63.8 Å². The third-order valence-corrected chi connectivity index (χ3v) is 9.22. The van der Waals surface area contributed by atoms with Crippen LogP contribution in [-0.4, -0.2) is 110 Å². The van der Waals surface area contributed by atoms with Gasteiger partial charge in [-0.05, 0) is 35.1 Å². The van der Waals surface area contributed by atoms with Crippen molar-refractivity contribution in [1.82, 2.24) is 20.4 Å². The van der Waals surface area contributed by atoms with Gasteiger partial charge in [-0.3, -0.25) is 9.59 Å². The van der Waals surface area contributed by atoms with Crippen molar-refractivity contribution < 1.29 is 47.7 Å². The number of benzene rings is 2. The van der Waals surface area contributed by atoms with Crippen molar-refractivity contribution in [1.29, 1.82) is 0 Å². The van der Waals surface area contributed by atoms with Gasteiger partial charge in [-0.1, -0.05) is 60.4 Å². The second-order valence-electron chi connectivity index (χ2n) is 12.9. The molecule has 0 aliphatic carbocycles. The van der Waals surface area contributed by atoms with Crippen LogP contribution in [0.3, 0.4) is 0 Å². The number of esters is 2. The van der Waals surface area contributed by atoms with Gasteiger partial charge < -0.3 is 50.8 Å². The Bertz CT molecular complexity index is 1600. The maximum absolute atomic E-state index is 13.1. The Morgan fingerprint density at radius 3 is 1.43 bits per heavy atom. The van der Waals surface area contributed by atoms with Crippen molar-refractivity contribution in [3.63, 3.8) is 0 Å². The number of rotatable bonds is 14. The Labute approximate surface area is 314 Å². The van der Waals surface area contributed by atoms with Gasteiger partial charge in [0.25, 0.3) is 0 Å². The summed E-state index contributed by atoms with van der Waals surface area (Å²) in [6.07, 6.45) is -0.0409. The first-order valence-electron chi connectivity index (χ1n) is 17.7. The quantitative estimate of drug-likeness (QED) is 0.120. The van der Waals surface area contributed by atoms with E-state index in [2.05, 4.69) is 22.5 Å². The summed E-state index contributed by atoms with van der Waals surface area (Å²) in [5, 5.41) is 5.31. The summed E-state index contributed by atoms with van der Waals surface area (Å²) in [7, 11) is 2.48. The number of amides is 4. The lowest BCUT2D eigenvalue weighted by molar-refractivity contribution is -0.151. The van der Waals surface area contributed by atoms with E-state index in [4.69, 9.17) is 30.4 Å². The molecule has 16 heteroatoms. The Balaban J connectivity index is 1.17. The predicted octanol–water partition coefficient (Wildman–Crippen LogP) is 0.910. The summed E-state index contributed by atoms with van der Waals surface area (Å²) >= 11 is 0. The van der Waals surface area contributed by atoms with Crippen molar-refractivity contribution in [2.45, 2.75) is 75.8 Å². The lowest BCUT2D eigenvalue weighted by Gasteiger charge is -2.22. The number of hydrogen-bond acceptors (Lipinski definition) is 12. The van der Waals surface area contributed by atoms with Crippen LogP contribution in [0.4, 0.5) is 9.59 Å². The normalized spacial score (nSPS) is 18.9. The summed E-state index contributed by atoms with van der Waals surface area (Å²) in [5.41, 5.74) is 15.2. The molecule has 2 aliphatic heterocycles. The number of likely N-dealkylation sites (tertiary alicyclic amines) is 2. The minimum absolute atomic E-state index is 0.0994.